The van der Waals surface area contributed by atoms with Crippen LogP contribution in [-0.4, -0.2) is 17.8 Å². The first-order valence-corrected chi connectivity index (χ1v) is 8.57. The smallest absolute Gasteiger partial charge is 0.158 e. The van der Waals surface area contributed by atoms with Crippen LogP contribution in [0.4, 0.5) is 0 Å². The molecule has 5 heteroatoms. The van der Waals surface area contributed by atoms with Crippen molar-refractivity contribution in [2.75, 3.05) is 7.05 Å². The van der Waals surface area contributed by atoms with E-state index < -0.39 is 0 Å². The third-order valence-corrected chi connectivity index (χ3v) is 5.86. The number of thiazole rings is 1. The van der Waals surface area contributed by atoms with Gasteiger partial charge in [0.1, 0.15) is 6.04 Å². The summed E-state index contributed by atoms with van der Waals surface area (Å²) in [5, 5.41) is 6.37. The molecule has 1 aliphatic carbocycles. The Hall–Kier alpha value is -1.04. The summed E-state index contributed by atoms with van der Waals surface area (Å²) in [7, 11) is 1.88. The summed E-state index contributed by atoms with van der Waals surface area (Å²) >= 11 is 3.40. The van der Waals surface area contributed by atoms with Gasteiger partial charge in [0.05, 0.1) is 5.01 Å². The van der Waals surface area contributed by atoms with E-state index in [2.05, 4.69) is 21.7 Å². The minimum atomic E-state index is -0.133. The molecule has 0 bridgehead atoms. The minimum absolute atomic E-state index is 0.104. The molecular weight excluding hydrogens is 288 g/mol. The zero-order chi connectivity index (χ0) is 14.1. The van der Waals surface area contributed by atoms with Crippen molar-refractivity contribution in [1.82, 2.24) is 10.3 Å². The third kappa shape index (κ3) is 2.57. The van der Waals surface area contributed by atoms with Gasteiger partial charge in [-0.05, 0) is 50.2 Å². The summed E-state index contributed by atoms with van der Waals surface area (Å²) < 4.78 is 0. The molecule has 3 rings (SSSR count). The number of rotatable bonds is 3. The molecule has 106 valence electrons. The minimum Gasteiger partial charge on any atom is -0.306 e. The second-order valence-electron chi connectivity index (χ2n) is 5.22. The van der Waals surface area contributed by atoms with E-state index in [-0.39, 0.29) is 12.0 Å². The lowest BCUT2D eigenvalue weighted by Crippen LogP contribution is -2.30. The van der Waals surface area contributed by atoms with Crippen LogP contribution in [0.3, 0.4) is 0 Å². The van der Waals surface area contributed by atoms with Crippen LogP contribution in [0.15, 0.2) is 17.6 Å². The fourth-order valence-corrected chi connectivity index (χ4v) is 4.81. The van der Waals surface area contributed by atoms with Crippen molar-refractivity contribution in [3.05, 3.63) is 38.0 Å². The van der Waals surface area contributed by atoms with Gasteiger partial charge in [-0.15, -0.1) is 22.7 Å². The fraction of sp³-hybridized carbons (Fsp3) is 0.467. The van der Waals surface area contributed by atoms with E-state index in [1.807, 2.05) is 20.2 Å². The lowest BCUT2D eigenvalue weighted by Gasteiger charge is -2.18. The maximum absolute atomic E-state index is 12.8. The summed E-state index contributed by atoms with van der Waals surface area (Å²) in [5.41, 5.74) is 1.34. The number of likely N-dealkylation sites (N-methyl/N-ethyl adjacent to an activating group) is 1. The molecule has 2 heterocycles. The molecule has 0 spiro atoms. The molecule has 0 radical (unpaired) electrons. The molecule has 0 aromatic carbocycles. The van der Waals surface area contributed by atoms with Crippen molar-refractivity contribution in [1.29, 1.82) is 0 Å². The van der Waals surface area contributed by atoms with E-state index >= 15 is 0 Å². The summed E-state index contributed by atoms with van der Waals surface area (Å²) in [6, 6.07) is 2.03. The molecule has 0 fully saturated rings. The zero-order valence-electron chi connectivity index (χ0n) is 11.7. The Morgan fingerprint density at radius 3 is 3.05 bits per heavy atom. The van der Waals surface area contributed by atoms with Crippen molar-refractivity contribution in [2.24, 2.45) is 5.92 Å². The quantitative estimate of drug-likeness (QED) is 0.886. The molecule has 0 saturated heterocycles. The highest BCUT2D eigenvalue weighted by Gasteiger charge is 2.32. The number of carbonyl (C=O) groups excluding carboxylic acids is 1. The highest BCUT2D eigenvalue weighted by atomic mass is 32.1. The summed E-state index contributed by atoms with van der Waals surface area (Å²) in [6.07, 6.45) is 4.70. The predicted octanol–water partition coefficient (Wildman–Crippen LogP) is 3.15. The Morgan fingerprint density at radius 1 is 1.50 bits per heavy atom. The maximum Gasteiger partial charge on any atom is 0.158 e. The molecule has 2 aromatic rings. The first-order valence-electron chi connectivity index (χ1n) is 6.87. The number of carbonyl (C=O) groups is 1. The average molecular weight is 306 g/mol. The van der Waals surface area contributed by atoms with Gasteiger partial charge >= 0.3 is 0 Å². The Bertz CT molecular complexity index is 617. The third-order valence-electron chi connectivity index (χ3n) is 3.90. The maximum atomic E-state index is 12.8. The topological polar surface area (TPSA) is 42.0 Å². The SMILES string of the molecule is CNC1C(=O)C(Cc2cnc(C)s2)CCc2ccsc21. The second-order valence-corrected chi connectivity index (χ2v) is 7.49. The van der Waals surface area contributed by atoms with Gasteiger partial charge < -0.3 is 5.32 Å². The van der Waals surface area contributed by atoms with Gasteiger partial charge in [-0.2, -0.15) is 0 Å². The van der Waals surface area contributed by atoms with Crippen molar-refractivity contribution in [3.8, 4) is 0 Å². The molecule has 2 aromatic heterocycles. The van der Waals surface area contributed by atoms with E-state index in [1.54, 1.807) is 22.7 Å². The Balaban J connectivity index is 1.84. The predicted molar refractivity (Wildman–Crippen MR) is 83.5 cm³/mol. The van der Waals surface area contributed by atoms with E-state index in [0.717, 1.165) is 24.3 Å². The van der Waals surface area contributed by atoms with Gasteiger partial charge in [0.2, 0.25) is 0 Å². The van der Waals surface area contributed by atoms with E-state index in [1.165, 1.54) is 15.3 Å². The standard InChI is InChI=1S/C15H18N2OS2/c1-9-17-8-12(20-9)7-11-4-3-10-5-6-19-15(10)13(16-2)14(11)18/h5-6,8,11,13,16H,3-4,7H2,1-2H3. The number of nitrogens with one attached hydrogen (secondary N) is 1. The van der Waals surface area contributed by atoms with Crippen LogP contribution in [0, 0.1) is 12.8 Å². The van der Waals surface area contributed by atoms with Gasteiger partial charge in [-0.1, -0.05) is 0 Å². The lowest BCUT2D eigenvalue weighted by atomic mass is 9.92. The zero-order valence-corrected chi connectivity index (χ0v) is 13.3. The number of aromatic nitrogens is 1. The van der Waals surface area contributed by atoms with Gasteiger partial charge in [0.15, 0.2) is 5.78 Å². The van der Waals surface area contributed by atoms with E-state index in [9.17, 15) is 4.79 Å². The van der Waals surface area contributed by atoms with Crippen LogP contribution < -0.4 is 5.32 Å². The molecule has 3 nitrogen and oxygen atoms in total. The molecule has 0 aliphatic heterocycles. The van der Waals surface area contributed by atoms with Crippen molar-refractivity contribution in [3.63, 3.8) is 0 Å². The molecule has 0 amide bonds. The molecule has 1 N–H and O–H groups in total. The number of thiophene rings is 1. The number of nitrogens with zero attached hydrogens (tertiary/aromatic N) is 1. The first-order chi connectivity index (χ1) is 9.69. The highest BCUT2D eigenvalue weighted by molar-refractivity contribution is 7.11. The Kier molecular flexibility index (Phi) is 4.01. The van der Waals surface area contributed by atoms with Crippen molar-refractivity contribution >= 4 is 28.5 Å². The summed E-state index contributed by atoms with van der Waals surface area (Å²) in [5.74, 6) is 0.437. The number of ketones is 1. The number of hydrogen-bond acceptors (Lipinski definition) is 5. The fourth-order valence-electron chi connectivity index (χ4n) is 2.86. The van der Waals surface area contributed by atoms with Gasteiger partial charge in [-0.3, -0.25) is 4.79 Å². The second kappa shape index (κ2) is 5.76. The highest BCUT2D eigenvalue weighted by Crippen LogP contribution is 2.34. The summed E-state index contributed by atoms with van der Waals surface area (Å²) in [6.45, 7) is 2.01. The monoisotopic (exact) mass is 306 g/mol. The number of Topliss-reactive ketones (excluding diaryl/α,β-unsaturated/α-hetero) is 1. The normalized spacial score (nSPS) is 22.6. The van der Waals surface area contributed by atoms with E-state index in [4.69, 9.17) is 0 Å². The lowest BCUT2D eigenvalue weighted by molar-refractivity contribution is -0.124. The van der Waals surface area contributed by atoms with Crippen molar-refractivity contribution in [2.45, 2.75) is 32.2 Å². The van der Waals surface area contributed by atoms with Gasteiger partial charge in [0.25, 0.3) is 0 Å². The van der Waals surface area contributed by atoms with Crippen LogP contribution in [0.25, 0.3) is 0 Å². The van der Waals surface area contributed by atoms with Crippen LogP contribution in [0.5, 0.6) is 0 Å². The Labute approximate surface area is 127 Å². The molecule has 2 unspecified atom stereocenters. The Morgan fingerprint density at radius 2 is 2.35 bits per heavy atom. The van der Waals surface area contributed by atoms with Crippen LogP contribution in [-0.2, 0) is 17.6 Å². The number of aryl methyl sites for hydroxylation is 2. The molecule has 1 aliphatic rings. The van der Waals surface area contributed by atoms with Crippen molar-refractivity contribution < 1.29 is 4.79 Å². The summed E-state index contributed by atoms with van der Waals surface area (Å²) in [4.78, 5) is 19.5. The van der Waals surface area contributed by atoms with Gasteiger partial charge in [0, 0.05) is 21.9 Å². The number of hydrogen-bond donors (Lipinski definition) is 1. The molecule has 2 atom stereocenters. The molecular formula is C15H18N2OS2. The van der Waals surface area contributed by atoms with Crippen LogP contribution in [0.1, 0.15) is 32.8 Å². The molecule has 20 heavy (non-hydrogen) atoms. The van der Waals surface area contributed by atoms with Crippen LogP contribution in [0.2, 0.25) is 0 Å². The number of fused-ring (bicyclic) bond motifs is 1. The average Bonchev–Trinajstić information content (AvgIpc) is 3.02. The molecule has 0 saturated carbocycles. The van der Waals surface area contributed by atoms with E-state index in [0.29, 0.717) is 5.78 Å². The van der Waals surface area contributed by atoms with Crippen LogP contribution >= 0.6 is 22.7 Å². The van der Waals surface area contributed by atoms with Gasteiger partial charge in [-0.25, -0.2) is 4.98 Å². The largest absolute Gasteiger partial charge is 0.306 e. The first kappa shape index (κ1) is 13.9.